The van der Waals surface area contributed by atoms with Gasteiger partial charge < -0.3 is 19.5 Å². The van der Waals surface area contributed by atoms with Gasteiger partial charge in [0.25, 0.3) is 0 Å². The van der Waals surface area contributed by atoms with Crippen molar-refractivity contribution in [2.75, 3.05) is 26.2 Å². The van der Waals surface area contributed by atoms with E-state index in [2.05, 4.69) is 15.6 Å². The molecule has 204 valence electrons. The van der Waals surface area contributed by atoms with Crippen LogP contribution in [0.3, 0.4) is 0 Å². The predicted molar refractivity (Wildman–Crippen MR) is 148 cm³/mol. The van der Waals surface area contributed by atoms with Crippen molar-refractivity contribution < 1.29 is 23.8 Å². The molecule has 0 aliphatic carbocycles. The molecule has 39 heavy (non-hydrogen) atoms. The van der Waals surface area contributed by atoms with Gasteiger partial charge in [0.1, 0.15) is 35.4 Å². The minimum absolute atomic E-state index is 0.163. The Balaban J connectivity index is 1.90. The highest BCUT2D eigenvalue weighted by Crippen LogP contribution is 2.35. The van der Waals surface area contributed by atoms with Gasteiger partial charge in [-0.05, 0) is 50.6 Å². The third-order valence-corrected chi connectivity index (χ3v) is 6.00. The van der Waals surface area contributed by atoms with Crippen molar-refractivity contribution in [3.63, 3.8) is 0 Å². The Morgan fingerprint density at radius 1 is 0.897 bits per heavy atom. The Hall–Kier alpha value is -4.60. The van der Waals surface area contributed by atoms with Crippen molar-refractivity contribution >= 4 is 28.5 Å². The molecule has 0 unspecified atom stereocenters. The second-order valence-electron chi connectivity index (χ2n) is 9.99. The Labute approximate surface area is 227 Å². The second-order valence-corrected chi connectivity index (χ2v) is 9.99. The lowest BCUT2D eigenvalue weighted by molar-refractivity contribution is -0.128. The molecule has 2 amide bonds. The minimum Gasteiger partial charge on any atom is -0.497 e. The van der Waals surface area contributed by atoms with Gasteiger partial charge in [0, 0.05) is 23.7 Å². The molecular weight excluding hydrogens is 498 g/mol. The molecule has 4 aromatic rings. The van der Waals surface area contributed by atoms with E-state index in [1.807, 2.05) is 45.0 Å². The number of nitrogens with zero attached hydrogens (tertiary/aromatic N) is 4. The van der Waals surface area contributed by atoms with Gasteiger partial charge in [-0.2, -0.15) is 0 Å². The number of ether oxygens (including phenoxy) is 3. The standard InChI is InChI=1S/C29H33N5O5/c1-29(2,3)30-28(36)27(19-10-9-11-21(14-19)37-4)34(20-15-22(38-5)17-23(16-20)39-6)26(35)18-33-25-13-8-7-12-24(25)31-32-33/h7-17,27H,18H2,1-6H3,(H,30,36)/t27-/m0/s1. The number of hydrogen-bond acceptors (Lipinski definition) is 7. The summed E-state index contributed by atoms with van der Waals surface area (Å²) in [5.41, 5.74) is 1.78. The van der Waals surface area contributed by atoms with Gasteiger partial charge in [0.2, 0.25) is 11.8 Å². The number of carbonyl (C=O) groups is 2. The Morgan fingerprint density at radius 3 is 2.21 bits per heavy atom. The zero-order chi connectivity index (χ0) is 28.2. The van der Waals surface area contributed by atoms with E-state index in [9.17, 15) is 9.59 Å². The van der Waals surface area contributed by atoms with Crippen LogP contribution in [0.5, 0.6) is 17.2 Å². The number of rotatable bonds is 9. The molecule has 0 radical (unpaired) electrons. The van der Waals surface area contributed by atoms with Crippen LogP contribution in [0.25, 0.3) is 11.0 Å². The molecule has 4 rings (SSSR count). The molecule has 10 nitrogen and oxygen atoms in total. The van der Waals surface area contributed by atoms with Crippen molar-refractivity contribution in [1.82, 2.24) is 20.3 Å². The normalized spacial score (nSPS) is 12.1. The van der Waals surface area contributed by atoms with Crippen LogP contribution in [0.15, 0.2) is 66.7 Å². The summed E-state index contributed by atoms with van der Waals surface area (Å²) in [5, 5.41) is 11.4. The number of methoxy groups -OCH3 is 3. The highest BCUT2D eigenvalue weighted by Gasteiger charge is 2.35. The van der Waals surface area contributed by atoms with Gasteiger partial charge in [-0.15, -0.1) is 5.10 Å². The van der Waals surface area contributed by atoms with Crippen LogP contribution >= 0.6 is 0 Å². The summed E-state index contributed by atoms with van der Waals surface area (Å²) in [6.45, 7) is 5.49. The van der Waals surface area contributed by atoms with Crippen molar-refractivity contribution in [3.05, 3.63) is 72.3 Å². The predicted octanol–water partition coefficient (Wildman–Crippen LogP) is 4.15. The SMILES string of the molecule is COc1cccc([C@@H](C(=O)NC(C)(C)C)N(C(=O)Cn2nnc3ccccc32)c2cc(OC)cc(OC)c2)c1. The van der Waals surface area contributed by atoms with Gasteiger partial charge in [-0.3, -0.25) is 14.5 Å². The molecule has 1 heterocycles. The third kappa shape index (κ3) is 6.28. The van der Waals surface area contributed by atoms with E-state index in [1.165, 1.54) is 23.8 Å². The topological polar surface area (TPSA) is 108 Å². The summed E-state index contributed by atoms with van der Waals surface area (Å²) in [6.07, 6.45) is 0. The molecule has 10 heteroatoms. The Bertz CT molecular complexity index is 1450. The average Bonchev–Trinajstić information content (AvgIpc) is 3.32. The molecule has 0 saturated heterocycles. The van der Waals surface area contributed by atoms with E-state index in [4.69, 9.17) is 14.2 Å². The van der Waals surface area contributed by atoms with Crippen molar-refractivity contribution in [2.24, 2.45) is 0 Å². The maximum Gasteiger partial charge on any atom is 0.249 e. The largest absolute Gasteiger partial charge is 0.497 e. The first kappa shape index (κ1) is 27.4. The summed E-state index contributed by atoms with van der Waals surface area (Å²) < 4.78 is 17.9. The summed E-state index contributed by atoms with van der Waals surface area (Å²) >= 11 is 0. The molecule has 1 N–H and O–H groups in total. The first-order valence-corrected chi connectivity index (χ1v) is 12.4. The number of amides is 2. The zero-order valence-electron chi connectivity index (χ0n) is 23.0. The van der Waals surface area contributed by atoms with Gasteiger partial charge in [-0.1, -0.05) is 29.5 Å². The summed E-state index contributed by atoms with van der Waals surface area (Å²) in [6, 6.07) is 18.5. The summed E-state index contributed by atoms with van der Waals surface area (Å²) in [7, 11) is 4.60. The molecule has 0 aliphatic rings. The van der Waals surface area contributed by atoms with Crippen molar-refractivity contribution in [1.29, 1.82) is 0 Å². The zero-order valence-corrected chi connectivity index (χ0v) is 23.0. The maximum atomic E-state index is 14.2. The number of aromatic nitrogens is 3. The smallest absolute Gasteiger partial charge is 0.249 e. The number of fused-ring (bicyclic) bond motifs is 1. The van der Waals surface area contributed by atoms with Gasteiger partial charge in [0.15, 0.2) is 0 Å². The molecule has 3 aromatic carbocycles. The number of benzene rings is 3. The second kappa shape index (κ2) is 11.4. The van der Waals surface area contributed by atoms with E-state index in [-0.39, 0.29) is 12.5 Å². The molecule has 1 atom stereocenters. The fourth-order valence-electron chi connectivity index (χ4n) is 4.27. The van der Waals surface area contributed by atoms with Crippen molar-refractivity contribution in [3.8, 4) is 17.2 Å². The van der Waals surface area contributed by atoms with Crippen LogP contribution in [0, 0.1) is 0 Å². The van der Waals surface area contributed by atoms with Gasteiger partial charge >= 0.3 is 0 Å². The fourth-order valence-corrected chi connectivity index (χ4v) is 4.27. The van der Waals surface area contributed by atoms with Crippen LogP contribution in [0.1, 0.15) is 32.4 Å². The van der Waals surface area contributed by atoms with Crippen LogP contribution in [-0.4, -0.2) is 53.7 Å². The summed E-state index contributed by atoms with van der Waals surface area (Å²) in [5.74, 6) is 0.731. The van der Waals surface area contributed by atoms with Crippen molar-refractivity contribution in [2.45, 2.75) is 38.9 Å². The van der Waals surface area contributed by atoms with Gasteiger partial charge in [0.05, 0.1) is 32.5 Å². The van der Waals surface area contributed by atoms with Crippen LogP contribution in [0.4, 0.5) is 5.69 Å². The molecule has 0 spiro atoms. The molecule has 0 aliphatic heterocycles. The third-order valence-electron chi connectivity index (χ3n) is 6.00. The summed E-state index contributed by atoms with van der Waals surface area (Å²) in [4.78, 5) is 29.6. The lowest BCUT2D eigenvalue weighted by atomic mass is 10.00. The number of para-hydroxylation sites is 1. The quantitative estimate of drug-likeness (QED) is 0.346. The number of anilines is 1. The molecular formula is C29H33N5O5. The lowest BCUT2D eigenvalue weighted by Gasteiger charge is -2.34. The van der Waals surface area contributed by atoms with Crippen LogP contribution < -0.4 is 24.4 Å². The van der Waals surface area contributed by atoms with Crippen LogP contribution in [0.2, 0.25) is 0 Å². The molecule has 0 bridgehead atoms. The number of hydrogen-bond donors (Lipinski definition) is 1. The van der Waals surface area contributed by atoms with E-state index in [1.54, 1.807) is 49.6 Å². The van der Waals surface area contributed by atoms with E-state index < -0.39 is 17.5 Å². The van der Waals surface area contributed by atoms with E-state index in [0.717, 1.165) is 0 Å². The van der Waals surface area contributed by atoms with Crippen LogP contribution in [-0.2, 0) is 16.1 Å². The monoisotopic (exact) mass is 531 g/mol. The highest BCUT2D eigenvalue weighted by atomic mass is 16.5. The lowest BCUT2D eigenvalue weighted by Crippen LogP contribution is -2.50. The Kier molecular flexibility index (Phi) is 8.04. The number of nitrogens with one attached hydrogen (secondary N) is 1. The highest BCUT2D eigenvalue weighted by molar-refractivity contribution is 6.02. The van der Waals surface area contributed by atoms with E-state index in [0.29, 0.717) is 39.5 Å². The first-order valence-electron chi connectivity index (χ1n) is 12.4. The van der Waals surface area contributed by atoms with Gasteiger partial charge in [-0.25, -0.2) is 4.68 Å². The van der Waals surface area contributed by atoms with E-state index >= 15 is 0 Å². The number of carbonyl (C=O) groups excluding carboxylic acids is 2. The Morgan fingerprint density at radius 2 is 1.56 bits per heavy atom. The molecule has 0 saturated carbocycles. The molecule has 1 aromatic heterocycles. The maximum absolute atomic E-state index is 14.2. The fraction of sp³-hybridized carbons (Fsp3) is 0.310. The minimum atomic E-state index is -1.06. The average molecular weight is 532 g/mol. The molecule has 0 fully saturated rings. The first-order chi connectivity index (χ1) is 18.6.